The molecule has 3 aromatic rings. The van der Waals surface area contributed by atoms with Crippen LogP contribution in [0.4, 0.5) is 5.69 Å². The number of carbonyl (C=O) groups excluding carboxylic acids is 1. The molecule has 1 heterocycles. The maximum absolute atomic E-state index is 12.5. The molecule has 0 saturated carbocycles. The van der Waals surface area contributed by atoms with Crippen LogP contribution in [-0.2, 0) is 6.42 Å². The first kappa shape index (κ1) is 18.6. The second-order valence-corrected chi connectivity index (χ2v) is 6.55. The van der Waals surface area contributed by atoms with Crippen LogP contribution in [0.1, 0.15) is 41.0 Å². The summed E-state index contributed by atoms with van der Waals surface area (Å²) in [7, 11) is 0. The highest BCUT2D eigenvalue weighted by atomic mass is 16.1. The minimum Gasteiger partial charge on any atom is -0.385 e. The summed E-state index contributed by atoms with van der Waals surface area (Å²) in [6.45, 7) is 2.82. The highest BCUT2D eigenvalue weighted by Gasteiger charge is 2.12. The van der Waals surface area contributed by atoms with Gasteiger partial charge in [0.05, 0.1) is 6.04 Å². The van der Waals surface area contributed by atoms with Crippen molar-refractivity contribution in [1.29, 1.82) is 0 Å². The second kappa shape index (κ2) is 9.53. The van der Waals surface area contributed by atoms with E-state index in [1.54, 1.807) is 12.3 Å². The fraction of sp³-hybridized carbons (Fsp3) is 0.217. The number of aromatic nitrogens is 1. The fourth-order valence-corrected chi connectivity index (χ4v) is 2.93. The molecule has 0 aliphatic carbocycles. The number of aryl methyl sites for hydroxylation is 1. The van der Waals surface area contributed by atoms with Crippen molar-refractivity contribution in [3.63, 3.8) is 0 Å². The van der Waals surface area contributed by atoms with Crippen LogP contribution in [0.25, 0.3) is 0 Å². The monoisotopic (exact) mass is 359 g/mol. The molecule has 2 aromatic carbocycles. The van der Waals surface area contributed by atoms with Gasteiger partial charge in [0.15, 0.2) is 0 Å². The average molecular weight is 359 g/mol. The van der Waals surface area contributed by atoms with Crippen LogP contribution in [0.2, 0.25) is 0 Å². The molecule has 1 atom stereocenters. The van der Waals surface area contributed by atoms with E-state index < -0.39 is 0 Å². The van der Waals surface area contributed by atoms with Crippen LogP contribution in [0, 0.1) is 0 Å². The van der Waals surface area contributed by atoms with E-state index >= 15 is 0 Å². The Morgan fingerprint density at radius 3 is 2.44 bits per heavy atom. The smallest absolute Gasteiger partial charge is 0.270 e. The van der Waals surface area contributed by atoms with E-state index in [4.69, 9.17) is 0 Å². The molecule has 138 valence electrons. The molecule has 0 aliphatic heterocycles. The summed E-state index contributed by atoms with van der Waals surface area (Å²) >= 11 is 0. The predicted molar refractivity (Wildman–Crippen MR) is 110 cm³/mol. The number of anilines is 1. The van der Waals surface area contributed by atoms with Gasteiger partial charge in [-0.25, -0.2) is 0 Å². The van der Waals surface area contributed by atoms with Gasteiger partial charge in [0.2, 0.25) is 0 Å². The maximum atomic E-state index is 12.5. The number of hydrogen-bond acceptors (Lipinski definition) is 3. The van der Waals surface area contributed by atoms with E-state index in [2.05, 4.69) is 39.9 Å². The third-order valence-corrected chi connectivity index (χ3v) is 4.45. The first-order valence-electron chi connectivity index (χ1n) is 9.32. The molecule has 0 bridgehead atoms. The number of rotatable bonds is 8. The summed E-state index contributed by atoms with van der Waals surface area (Å²) in [5, 5.41) is 6.37. The van der Waals surface area contributed by atoms with Gasteiger partial charge in [-0.05, 0) is 43.0 Å². The van der Waals surface area contributed by atoms with Gasteiger partial charge in [0.25, 0.3) is 5.91 Å². The Kier molecular flexibility index (Phi) is 6.58. The highest BCUT2D eigenvalue weighted by molar-refractivity contribution is 5.93. The second-order valence-electron chi connectivity index (χ2n) is 6.55. The molecule has 27 heavy (non-hydrogen) atoms. The van der Waals surface area contributed by atoms with Crippen LogP contribution in [0.15, 0.2) is 79.0 Å². The van der Waals surface area contributed by atoms with Crippen molar-refractivity contribution in [3.8, 4) is 0 Å². The van der Waals surface area contributed by atoms with Crippen LogP contribution in [0.3, 0.4) is 0 Å². The Bertz CT molecular complexity index is 850. The average Bonchev–Trinajstić information content (AvgIpc) is 2.73. The van der Waals surface area contributed by atoms with Gasteiger partial charge in [-0.3, -0.25) is 9.78 Å². The van der Waals surface area contributed by atoms with Crippen LogP contribution in [-0.4, -0.2) is 17.4 Å². The topological polar surface area (TPSA) is 54.0 Å². The summed E-state index contributed by atoms with van der Waals surface area (Å²) in [6.07, 6.45) is 3.72. The van der Waals surface area contributed by atoms with Crippen LogP contribution in [0.5, 0.6) is 0 Å². The molecule has 3 rings (SSSR count). The largest absolute Gasteiger partial charge is 0.385 e. The maximum Gasteiger partial charge on any atom is 0.270 e. The number of pyridine rings is 1. The lowest BCUT2D eigenvalue weighted by molar-refractivity contribution is 0.0935. The van der Waals surface area contributed by atoms with E-state index in [0.29, 0.717) is 5.69 Å². The van der Waals surface area contributed by atoms with Crippen molar-refractivity contribution in [3.05, 3.63) is 95.8 Å². The molecule has 0 saturated heterocycles. The molecule has 4 nitrogen and oxygen atoms in total. The first-order valence-corrected chi connectivity index (χ1v) is 9.32. The van der Waals surface area contributed by atoms with Crippen molar-refractivity contribution < 1.29 is 4.79 Å². The quantitative estimate of drug-likeness (QED) is 0.577. The Labute approximate surface area is 160 Å². The van der Waals surface area contributed by atoms with Gasteiger partial charge >= 0.3 is 0 Å². The van der Waals surface area contributed by atoms with Crippen molar-refractivity contribution in [1.82, 2.24) is 10.3 Å². The lowest BCUT2D eigenvalue weighted by Crippen LogP contribution is -2.27. The highest BCUT2D eigenvalue weighted by Crippen LogP contribution is 2.13. The number of benzene rings is 2. The summed E-state index contributed by atoms with van der Waals surface area (Å²) in [4.78, 5) is 16.7. The standard InChI is InChI=1S/C23H25N3O/c1-18(20-12-6-3-7-13-20)26-23(27)22-17-21(14-16-25-22)24-15-8-11-19-9-4-2-5-10-19/h2-7,9-10,12-14,16-18H,8,11,15H2,1H3,(H,24,25)(H,26,27). The molecule has 4 heteroatoms. The molecule has 1 unspecified atom stereocenters. The van der Waals surface area contributed by atoms with Gasteiger partial charge in [0.1, 0.15) is 5.69 Å². The zero-order chi connectivity index (χ0) is 18.9. The van der Waals surface area contributed by atoms with E-state index in [9.17, 15) is 4.79 Å². The number of amides is 1. The number of nitrogens with one attached hydrogen (secondary N) is 2. The SMILES string of the molecule is CC(NC(=O)c1cc(NCCCc2ccccc2)ccn1)c1ccccc1. The lowest BCUT2D eigenvalue weighted by Gasteiger charge is -2.14. The van der Waals surface area contributed by atoms with Gasteiger partial charge in [-0.15, -0.1) is 0 Å². The first-order chi connectivity index (χ1) is 13.2. The normalized spacial score (nSPS) is 11.6. The molecular formula is C23H25N3O. The van der Waals surface area contributed by atoms with Gasteiger partial charge < -0.3 is 10.6 Å². The molecule has 2 N–H and O–H groups in total. The van der Waals surface area contributed by atoms with E-state index in [-0.39, 0.29) is 11.9 Å². The van der Waals surface area contributed by atoms with Crippen LogP contribution < -0.4 is 10.6 Å². The molecule has 0 radical (unpaired) electrons. The van der Waals surface area contributed by atoms with E-state index in [1.165, 1.54) is 5.56 Å². The minimum absolute atomic E-state index is 0.0667. The fourth-order valence-electron chi connectivity index (χ4n) is 2.93. The van der Waals surface area contributed by atoms with Gasteiger partial charge in [-0.2, -0.15) is 0 Å². The molecule has 1 amide bonds. The zero-order valence-corrected chi connectivity index (χ0v) is 15.6. The predicted octanol–water partition coefficient (Wildman–Crippen LogP) is 4.62. The third-order valence-electron chi connectivity index (χ3n) is 4.45. The Morgan fingerprint density at radius 2 is 1.70 bits per heavy atom. The van der Waals surface area contributed by atoms with Gasteiger partial charge in [-0.1, -0.05) is 60.7 Å². The van der Waals surface area contributed by atoms with Crippen LogP contribution >= 0.6 is 0 Å². The minimum atomic E-state index is -0.167. The number of carbonyl (C=O) groups is 1. The molecule has 1 aromatic heterocycles. The molecule has 0 fully saturated rings. The summed E-state index contributed by atoms with van der Waals surface area (Å²) in [6, 6.07) is 24.0. The van der Waals surface area contributed by atoms with Crippen molar-refractivity contribution in [2.45, 2.75) is 25.8 Å². The van der Waals surface area contributed by atoms with Gasteiger partial charge in [0, 0.05) is 18.4 Å². The van der Waals surface area contributed by atoms with Crippen molar-refractivity contribution in [2.24, 2.45) is 0 Å². The number of nitrogens with zero attached hydrogens (tertiary/aromatic N) is 1. The Balaban J connectivity index is 1.51. The Morgan fingerprint density at radius 1 is 1.00 bits per heavy atom. The summed E-state index contributed by atoms with van der Waals surface area (Å²) in [5.74, 6) is -0.167. The lowest BCUT2D eigenvalue weighted by atomic mass is 10.1. The molecular weight excluding hydrogens is 334 g/mol. The molecule has 0 aliphatic rings. The third kappa shape index (κ3) is 5.68. The molecule has 0 spiro atoms. The Hall–Kier alpha value is -3.14. The van der Waals surface area contributed by atoms with Crippen molar-refractivity contribution >= 4 is 11.6 Å². The number of hydrogen-bond donors (Lipinski definition) is 2. The summed E-state index contributed by atoms with van der Waals surface area (Å²) in [5.41, 5.74) is 3.74. The summed E-state index contributed by atoms with van der Waals surface area (Å²) < 4.78 is 0. The van der Waals surface area contributed by atoms with E-state index in [0.717, 1.165) is 30.6 Å². The van der Waals surface area contributed by atoms with E-state index in [1.807, 2.05) is 49.4 Å². The zero-order valence-electron chi connectivity index (χ0n) is 15.6. The van der Waals surface area contributed by atoms with Crippen molar-refractivity contribution in [2.75, 3.05) is 11.9 Å².